The number of Topliss-reactive ketones (excluding diaryl/α,β-unsaturated/α-hetero) is 1. The molecule has 3 heterocycles. The van der Waals surface area contributed by atoms with Gasteiger partial charge in [0.2, 0.25) is 0 Å². The van der Waals surface area contributed by atoms with E-state index in [1.54, 1.807) is 0 Å². The second-order valence-corrected chi connectivity index (χ2v) is 6.37. The third-order valence-electron chi connectivity index (χ3n) is 4.84. The molecule has 0 saturated carbocycles. The average Bonchev–Trinajstić information content (AvgIpc) is 2.43. The minimum Gasteiger partial charge on any atom is -0.299 e. The number of hydrogen-bond donors (Lipinski definition) is 0. The Bertz CT molecular complexity index is 507. The maximum atomic E-state index is 12.7. The Hall–Kier alpha value is -1.19. The zero-order valence-electron chi connectivity index (χ0n) is 12.8. The van der Waals surface area contributed by atoms with Crippen LogP contribution in [0.5, 0.6) is 0 Å². The second-order valence-electron chi connectivity index (χ2n) is 6.37. The standard InChI is InChI=1S/C17H24N2O/c1-12-8-13(2)15(14(3)9-12)10-17(20)16-11-18-4-6-19(16)7-5-18/h8-9,16H,4-7,10-11H2,1-3H3. The second kappa shape index (κ2) is 5.30. The maximum Gasteiger partial charge on any atom is 0.155 e. The third-order valence-corrected chi connectivity index (χ3v) is 4.84. The molecule has 3 fully saturated rings. The third kappa shape index (κ3) is 2.52. The lowest BCUT2D eigenvalue weighted by molar-refractivity contribution is -0.128. The Morgan fingerprint density at radius 3 is 2.20 bits per heavy atom. The highest BCUT2D eigenvalue weighted by Crippen LogP contribution is 2.21. The van der Waals surface area contributed by atoms with Crippen molar-refractivity contribution < 1.29 is 4.79 Å². The Morgan fingerprint density at radius 2 is 1.70 bits per heavy atom. The number of carbonyl (C=O) groups excluding carboxylic acids is 1. The molecule has 0 aliphatic carbocycles. The molecule has 0 aromatic heterocycles. The van der Waals surface area contributed by atoms with Gasteiger partial charge in [0.25, 0.3) is 0 Å². The van der Waals surface area contributed by atoms with Crippen LogP contribution in [0.3, 0.4) is 0 Å². The topological polar surface area (TPSA) is 23.6 Å². The van der Waals surface area contributed by atoms with E-state index in [4.69, 9.17) is 0 Å². The van der Waals surface area contributed by atoms with Gasteiger partial charge in [0.15, 0.2) is 5.78 Å². The molecule has 4 rings (SSSR count). The quantitative estimate of drug-likeness (QED) is 0.837. The molecule has 2 bridgehead atoms. The lowest BCUT2D eigenvalue weighted by Gasteiger charge is -2.46. The highest BCUT2D eigenvalue weighted by molar-refractivity contribution is 5.87. The van der Waals surface area contributed by atoms with E-state index >= 15 is 0 Å². The molecule has 3 nitrogen and oxygen atoms in total. The Balaban J connectivity index is 1.76. The number of rotatable bonds is 3. The van der Waals surface area contributed by atoms with Crippen molar-refractivity contribution in [2.24, 2.45) is 0 Å². The summed E-state index contributed by atoms with van der Waals surface area (Å²) >= 11 is 0. The van der Waals surface area contributed by atoms with E-state index in [0.717, 1.165) is 32.7 Å². The minimum absolute atomic E-state index is 0.123. The number of hydrogen-bond acceptors (Lipinski definition) is 3. The molecular formula is C17H24N2O. The van der Waals surface area contributed by atoms with Gasteiger partial charge in [0.05, 0.1) is 6.04 Å². The van der Waals surface area contributed by atoms with Gasteiger partial charge < -0.3 is 0 Å². The number of ketones is 1. The normalized spacial score (nSPS) is 28.6. The number of fused-ring (bicyclic) bond motifs is 3. The van der Waals surface area contributed by atoms with Crippen LogP contribution in [0.2, 0.25) is 0 Å². The van der Waals surface area contributed by atoms with Gasteiger partial charge in [-0.05, 0) is 37.5 Å². The fourth-order valence-electron chi connectivity index (χ4n) is 3.70. The zero-order valence-corrected chi connectivity index (χ0v) is 12.8. The molecule has 0 radical (unpaired) electrons. The molecular weight excluding hydrogens is 248 g/mol. The molecule has 3 aliphatic rings. The molecule has 3 aliphatic heterocycles. The van der Waals surface area contributed by atoms with Crippen LogP contribution in [0.25, 0.3) is 0 Å². The summed E-state index contributed by atoms with van der Waals surface area (Å²) in [6.07, 6.45) is 0.590. The van der Waals surface area contributed by atoms with Gasteiger partial charge in [-0.25, -0.2) is 0 Å². The monoisotopic (exact) mass is 272 g/mol. The molecule has 1 aromatic carbocycles. The van der Waals surface area contributed by atoms with E-state index in [2.05, 4.69) is 42.7 Å². The number of piperazine rings is 3. The van der Waals surface area contributed by atoms with Gasteiger partial charge in [-0.1, -0.05) is 17.7 Å². The van der Waals surface area contributed by atoms with Crippen molar-refractivity contribution in [1.82, 2.24) is 9.80 Å². The van der Waals surface area contributed by atoms with Crippen LogP contribution in [0.1, 0.15) is 22.3 Å². The summed E-state index contributed by atoms with van der Waals surface area (Å²) < 4.78 is 0. The Morgan fingerprint density at radius 1 is 1.10 bits per heavy atom. The summed E-state index contributed by atoms with van der Waals surface area (Å²) in [4.78, 5) is 17.5. The smallest absolute Gasteiger partial charge is 0.155 e. The summed E-state index contributed by atoms with van der Waals surface area (Å²) in [6.45, 7) is 11.7. The van der Waals surface area contributed by atoms with Crippen molar-refractivity contribution in [3.63, 3.8) is 0 Å². The fourth-order valence-corrected chi connectivity index (χ4v) is 3.70. The summed E-state index contributed by atoms with van der Waals surface area (Å²) in [6, 6.07) is 4.50. The van der Waals surface area contributed by atoms with E-state index < -0.39 is 0 Å². The summed E-state index contributed by atoms with van der Waals surface area (Å²) in [5.41, 5.74) is 5.03. The molecule has 0 N–H and O–H groups in total. The van der Waals surface area contributed by atoms with Crippen molar-refractivity contribution in [2.45, 2.75) is 33.2 Å². The average molecular weight is 272 g/mol. The van der Waals surface area contributed by atoms with Gasteiger partial charge in [0, 0.05) is 39.1 Å². The largest absolute Gasteiger partial charge is 0.299 e. The SMILES string of the molecule is Cc1cc(C)c(CC(=O)C2CN3CCN2CC3)c(C)c1. The van der Waals surface area contributed by atoms with E-state index in [1.165, 1.54) is 22.3 Å². The van der Waals surface area contributed by atoms with Gasteiger partial charge in [-0.2, -0.15) is 0 Å². The van der Waals surface area contributed by atoms with Gasteiger partial charge in [-0.15, -0.1) is 0 Å². The first kappa shape index (κ1) is 13.8. The zero-order chi connectivity index (χ0) is 14.3. The maximum absolute atomic E-state index is 12.7. The molecule has 0 amide bonds. The first-order valence-corrected chi connectivity index (χ1v) is 7.60. The van der Waals surface area contributed by atoms with Crippen molar-refractivity contribution in [3.05, 3.63) is 34.4 Å². The van der Waals surface area contributed by atoms with Crippen LogP contribution in [0, 0.1) is 20.8 Å². The lowest BCUT2D eigenvalue weighted by atomic mass is 9.92. The molecule has 1 atom stereocenters. The predicted molar refractivity (Wildman–Crippen MR) is 81.2 cm³/mol. The predicted octanol–water partition coefficient (Wildman–Crippen LogP) is 1.72. The van der Waals surface area contributed by atoms with Crippen LogP contribution >= 0.6 is 0 Å². The van der Waals surface area contributed by atoms with Crippen molar-refractivity contribution in [3.8, 4) is 0 Å². The van der Waals surface area contributed by atoms with Crippen LogP contribution in [0.4, 0.5) is 0 Å². The molecule has 1 aromatic rings. The summed E-state index contributed by atoms with van der Waals surface area (Å²) in [7, 11) is 0. The molecule has 3 heteroatoms. The van der Waals surface area contributed by atoms with Gasteiger partial charge in [0.1, 0.15) is 0 Å². The van der Waals surface area contributed by atoms with E-state index in [1.807, 2.05) is 0 Å². The Kier molecular flexibility index (Phi) is 3.65. The molecule has 20 heavy (non-hydrogen) atoms. The van der Waals surface area contributed by atoms with Crippen LogP contribution < -0.4 is 0 Å². The molecule has 1 unspecified atom stereocenters. The summed E-state index contributed by atoms with van der Waals surface area (Å²) in [5, 5.41) is 0. The van der Waals surface area contributed by atoms with Crippen molar-refractivity contribution >= 4 is 5.78 Å². The fraction of sp³-hybridized carbons (Fsp3) is 0.588. The minimum atomic E-state index is 0.123. The molecule has 3 saturated heterocycles. The van der Waals surface area contributed by atoms with Crippen molar-refractivity contribution in [2.75, 3.05) is 32.7 Å². The highest BCUT2D eigenvalue weighted by atomic mass is 16.1. The lowest BCUT2D eigenvalue weighted by Crippen LogP contribution is -2.63. The van der Waals surface area contributed by atoms with Gasteiger partial charge in [-0.3, -0.25) is 14.6 Å². The highest BCUT2D eigenvalue weighted by Gasteiger charge is 2.36. The first-order valence-electron chi connectivity index (χ1n) is 7.60. The van der Waals surface area contributed by atoms with E-state index in [-0.39, 0.29) is 6.04 Å². The van der Waals surface area contributed by atoms with Crippen LogP contribution in [-0.2, 0) is 11.2 Å². The number of nitrogens with zero attached hydrogens (tertiary/aromatic N) is 2. The number of carbonyl (C=O) groups is 1. The van der Waals surface area contributed by atoms with E-state index in [9.17, 15) is 4.79 Å². The summed E-state index contributed by atoms with van der Waals surface area (Å²) in [5.74, 6) is 0.393. The number of aryl methyl sites for hydroxylation is 3. The molecule has 108 valence electrons. The van der Waals surface area contributed by atoms with E-state index in [0.29, 0.717) is 12.2 Å². The number of benzene rings is 1. The van der Waals surface area contributed by atoms with Gasteiger partial charge >= 0.3 is 0 Å². The van der Waals surface area contributed by atoms with Crippen LogP contribution in [0.15, 0.2) is 12.1 Å². The molecule has 0 spiro atoms. The van der Waals surface area contributed by atoms with Crippen molar-refractivity contribution in [1.29, 1.82) is 0 Å². The first-order chi connectivity index (χ1) is 9.54. The van der Waals surface area contributed by atoms with Crippen LogP contribution in [-0.4, -0.2) is 54.3 Å². The Labute approximate surface area is 121 Å².